The molecule has 3 atom stereocenters. The van der Waals surface area contributed by atoms with Crippen LogP contribution in [0.3, 0.4) is 0 Å². The van der Waals surface area contributed by atoms with Gasteiger partial charge in [0.2, 0.25) is 5.56 Å². The SMILES string of the molecule is O=C(NC(c1ccccc1)c1cccc(C(=O)O)c1CCCCCCNC[C@H](O)c1ccc(O)c2[nH]c(=O)ccc12)O[C@H]1CN2CCC1CC2. The number of nitrogens with zero attached hydrogens (tertiary/aromatic N) is 1. The number of benzene rings is 3. The normalized spacial score (nSPS) is 19.6. The fourth-order valence-corrected chi connectivity index (χ4v) is 7.48. The number of pyridine rings is 1. The molecule has 0 saturated carbocycles. The predicted molar refractivity (Wildman–Crippen MR) is 190 cm³/mol. The van der Waals surface area contributed by atoms with Gasteiger partial charge in [-0.3, -0.25) is 9.69 Å². The summed E-state index contributed by atoms with van der Waals surface area (Å²) in [6.45, 7) is 3.84. The lowest BCUT2D eigenvalue weighted by atomic mass is 9.86. The van der Waals surface area contributed by atoms with Gasteiger partial charge in [0, 0.05) is 24.5 Å². The summed E-state index contributed by atoms with van der Waals surface area (Å²) >= 11 is 0. The Morgan fingerprint density at radius 1 is 0.920 bits per heavy atom. The van der Waals surface area contributed by atoms with E-state index in [0.29, 0.717) is 47.5 Å². The van der Waals surface area contributed by atoms with Crippen molar-refractivity contribution >= 4 is 23.0 Å². The zero-order valence-electron chi connectivity index (χ0n) is 28.1. The lowest BCUT2D eigenvalue weighted by Crippen LogP contribution is -2.52. The Bertz CT molecular complexity index is 1840. The topological polar surface area (TPSA) is 164 Å². The fraction of sp³-hybridized carbons (Fsp3) is 0.410. The van der Waals surface area contributed by atoms with Crippen molar-refractivity contribution in [1.29, 1.82) is 0 Å². The van der Waals surface area contributed by atoms with Crippen LogP contribution < -0.4 is 16.2 Å². The third-order valence-electron chi connectivity index (χ3n) is 10.1. The number of aromatic amines is 1. The summed E-state index contributed by atoms with van der Waals surface area (Å²) in [5.41, 5.74) is 3.14. The summed E-state index contributed by atoms with van der Waals surface area (Å²) < 4.78 is 5.98. The number of aliphatic hydroxyl groups excluding tert-OH is 1. The van der Waals surface area contributed by atoms with Gasteiger partial charge >= 0.3 is 12.1 Å². The number of fused-ring (bicyclic) bond motifs is 4. The van der Waals surface area contributed by atoms with E-state index in [1.165, 1.54) is 12.1 Å². The summed E-state index contributed by atoms with van der Waals surface area (Å²) in [5.74, 6) is -0.674. The van der Waals surface area contributed by atoms with Crippen LogP contribution in [0.5, 0.6) is 5.75 Å². The Morgan fingerprint density at radius 2 is 1.70 bits per heavy atom. The smallest absolute Gasteiger partial charge is 0.408 e. The minimum absolute atomic E-state index is 0.0475. The van der Waals surface area contributed by atoms with Crippen LogP contribution in [0.25, 0.3) is 10.9 Å². The molecule has 1 amide bonds. The number of carbonyl (C=O) groups excluding carboxylic acids is 1. The number of phenols is 1. The number of aromatic nitrogens is 1. The zero-order valence-corrected chi connectivity index (χ0v) is 28.1. The number of hydrogen-bond acceptors (Lipinski definition) is 8. The van der Waals surface area contributed by atoms with Gasteiger partial charge in [0.25, 0.3) is 0 Å². The van der Waals surface area contributed by atoms with Gasteiger partial charge in [0.15, 0.2) is 0 Å². The zero-order chi connectivity index (χ0) is 35.0. The highest BCUT2D eigenvalue weighted by atomic mass is 16.6. The van der Waals surface area contributed by atoms with Crippen LogP contribution in [0.1, 0.15) is 83.3 Å². The predicted octanol–water partition coefficient (Wildman–Crippen LogP) is 5.27. The molecule has 11 heteroatoms. The molecule has 0 spiro atoms. The van der Waals surface area contributed by atoms with E-state index < -0.39 is 24.2 Å². The van der Waals surface area contributed by atoms with E-state index in [9.17, 15) is 29.7 Å². The summed E-state index contributed by atoms with van der Waals surface area (Å²) in [7, 11) is 0. The first-order valence-corrected chi connectivity index (χ1v) is 17.6. The standard InChI is InChI=1S/C39H46N4O7/c44-32-16-14-28(30-15-17-35(46)41-37(30)32)33(45)23-40-20-7-2-1-6-11-27-29(12-8-13-31(27)38(47)48)36(26-9-4-3-5-10-26)42-39(49)50-34-24-43-21-18-25(34)19-22-43/h3-5,8-10,12-17,25,33-34,36,40,44-45H,1-2,6-7,11,18-24H2,(H,41,46)(H,42,49)(H,47,48)/t33-,34-,36?/m0/s1. The second-order valence-electron chi connectivity index (χ2n) is 13.4. The van der Waals surface area contributed by atoms with Gasteiger partial charge in [0.1, 0.15) is 11.9 Å². The molecule has 7 rings (SSSR count). The van der Waals surface area contributed by atoms with Crippen molar-refractivity contribution in [1.82, 2.24) is 20.5 Å². The number of nitrogens with one attached hydrogen (secondary N) is 3. The van der Waals surface area contributed by atoms with E-state index in [2.05, 4.69) is 20.5 Å². The third-order valence-corrected chi connectivity index (χ3v) is 10.1. The van der Waals surface area contributed by atoms with Crippen molar-refractivity contribution < 1.29 is 29.6 Å². The largest absolute Gasteiger partial charge is 0.506 e. The second kappa shape index (κ2) is 16.3. The number of amides is 1. The van der Waals surface area contributed by atoms with Crippen molar-refractivity contribution in [3.63, 3.8) is 0 Å². The van der Waals surface area contributed by atoms with Crippen LogP contribution in [0, 0.1) is 5.92 Å². The lowest BCUT2D eigenvalue weighted by Gasteiger charge is -2.44. The average Bonchev–Trinajstić information content (AvgIpc) is 3.12. The summed E-state index contributed by atoms with van der Waals surface area (Å²) in [5, 5.41) is 38.0. The first kappa shape index (κ1) is 35.1. The van der Waals surface area contributed by atoms with Crippen LogP contribution in [0.4, 0.5) is 4.79 Å². The lowest BCUT2D eigenvalue weighted by molar-refractivity contribution is -0.0336. The molecule has 1 aromatic heterocycles. The Labute approximate surface area is 291 Å². The van der Waals surface area contributed by atoms with E-state index in [1.54, 1.807) is 24.3 Å². The number of aromatic hydroxyl groups is 1. The summed E-state index contributed by atoms with van der Waals surface area (Å²) in [6.07, 6.45) is 4.56. The molecule has 50 heavy (non-hydrogen) atoms. The van der Waals surface area contributed by atoms with Crippen LogP contribution in [-0.2, 0) is 11.2 Å². The molecule has 3 aliphatic heterocycles. The number of H-pyrrole nitrogens is 1. The molecule has 4 heterocycles. The Kier molecular flexibility index (Phi) is 11.5. The molecule has 3 saturated heterocycles. The van der Waals surface area contributed by atoms with Crippen LogP contribution >= 0.6 is 0 Å². The van der Waals surface area contributed by atoms with Gasteiger partial charge in [0.05, 0.1) is 23.2 Å². The minimum Gasteiger partial charge on any atom is -0.506 e. The number of hydrogen-bond donors (Lipinski definition) is 6. The van der Waals surface area contributed by atoms with Crippen molar-refractivity contribution in [2.45, 2.75) is 63.2 Å². The summed E-state index contributed by atoms with van der Waals surface area (Å²) in [6, 6.07) is 20.4. The van der Waals surface area contributed by atoms with E-state index in [0.717, 1.165) is 69.3 Å². The van der Waals surface area contributed by atoms with E-state index >= 15 is 0 Å². The van der Waals surface area contributed by atoms with E-state index in [4.69, 9.17) is 4.74 Å². The molecule has 3 aliphatic rings. The van der Waals surface area contributed by atoms with Crippen LogP contribution in [0.15, 0.2) is 77.6 Å². The molecule has 11 nitrogen and oxygen atoms in total. The quantitative estimate of drug-likeness (QED) is 0.0917. The molecular formula is C39H46N4O7. The van der Waals surface area contributed by atoms with Gasteiger partial charge < -0.3 is 35.7 Å². The average molecular weight is 683 g/mol. The minimum atomic E-state index is -1.00. The highest BCUT2D eigenvalue weighted by Crippen LogP contribution is 2.32. The van der Waals surface area contributed by atoms with Crippen molar-refractivity contribution in [3.8, 4) is 5.75 Å². The molecule has 3 fully saturated rings. The van der Waals surface area contributed by atoms with Gasteiger partial charge in [-0.1, -0.05) is 61.4 Å². The van der Waals surface area contributed by atoms with E-state index in [-0.39, 0.29) is 23.0 Å². The molecule has 0 radical (unpaired) electrons. The molecule has 264 valence electrons. The van der Waals surface area contributed by atoms with Crippen LogP contribution in [0.2, 0.25) is 0 Å². The molecule has 2 bridgehead atoms. The molecular weight excluding hydrogens is 636 g/mol. The highest BCUT2D eigenvalue weighted by Gasteiger charge is 2.37. The Hall–Kier alpha value is -4.71. The Balaban J connectivity index is 1.05. The second-order valence-corrected chi connectivity index (χ2v) is 13.4. The fourth-order valence-electron chi connectivity index (χ4n) is 7.48. The first-order valence-electron chi connectivity index (χ1n) is 17.6. The van der Waals surface area contributed by atoms with Gasteiger partial charge in [-0.05, 0) is 98.1 Å². The van der Waals surface area contributed by atoms with Gasteiger partial charge in [-0.25, -0.2) is 9.59 Å². The number of phenolic OH excluding ortho intramolecular Hbond substituents is 1. The van der Waals surface area contributed by atoms with Crippen LogP contribution in [-0.4, -0.2) is 76.1 Å². The molecule has 1 unspecified atom stereocenters. The number of aromatic carboxylic acids is 1. The molecule has 6 N–H and O–H groups in total. The van der Waals surface area contributed by atoms with Crippen molar-refractivity contribution in [2.24, 2.45) is 5.92 Å². The number of aliphatic hydroxyl groups is 1. The van der Waals surface area contributed by atoms with Crippen molar-refractivity contribution in [2.75, 3.05) is 32.7 Å². The number of carboxylic acid groups (broad SMARTS) is 1. The molecule has 4 aromatic rings. The van der Waals surface area contributed by atoms with Gasteiger partial charge in [-0.2, -0.15) is 0 Å². The first-order chi connectivity index (χ1) is 24.3. The maximum atomic E-state index is 13.4. The highest BCUT2D eigenvalue weighted by molar-refractivity contribution is 5.90. The monoisotopic (exact) mass is 682 g/mol. The number of unbranched alkanes of at least 4 members (excludes halogenated alkanes) is 3. The number of rotatable bonds is 15. The molecule has 3 aromatic carbocycles. The Morgan fingerprint density at radius 3 is 2.44 bits per heavy atom. The third kappa shape index (κ3) is 8.35. The van der Waals surface area contributed by atoms with E-state index in [1.807, 2.05) is 36.4 Å². The van der Waals surface area contributed by atoms with Crippen molar-refractivity contribution in [3.05, 3.63) is 111 Å². The van der Waals surface area contributed by atoms with Gasteiger partial charge in [-0.15, -0.1) is 0 Å². The number of alkyl carbamates (subject to hydrolysis) is 1. The maximum absolute atomic E-state index is 13.4. The number of carbonyl (C=O) groups is 2. The number of carboxylic acids is 1. The number of ether oxygens (including phenoxy) is 1. The number of piperidine rings is 3. The molecule has 0 aliphatic carbocycles. The summed E-state index contributed by atoms with van der Waals surface area (Å²) in [4.78, 5) is 42.4. The maximum Gasteiger partial charge on any atom is 0.408 e.